The average Bonchev–Trinajstić information content (AvgIpc) is 3.58. The Labute approximate surface area is 246 Å². The van der Waals surface area contributed by atoms with Crippen molar-refractivity contribution in [2.45, 2.75) is 25.2 Å². The van der Waals surface area contributed by atoms with E-state index < -0.39 is 0 Å². The summed E-state index contributed by atoms with van der Waals surface area (Å²) >= 11 is 0. The molecule has 198 valence electrons. The smallest absolute Gasteiger partial charge is 0.255 e. The fraction of sp³-hybridized carbons (Fsp3) is 0.105. The lowest BCUT2D eigenvalue weighted by atomic mass is 9.33. The molecule has 4 heterocycles. The Hall–Kier alpha value is -4.96. The van der Waals surface area contributed by atoms with Crippen LogP contribution in [0.2, 0.25) is 0 Å². The molecule has 42 heavy (non-hydrogen) atoms. The number of aromatic nitrogens is 1. The molecule has 1 aromatic heterocycles. The van der Waals surface area contributed by atoms with Gasteiger partial charge in [0.05, 0.1) is 5.52 Å². The molecule has 0 saturated carbocycles. The molecule has 0 N–H and O–H groups in total. The van der Waals surface area contributed by atoms with E-state index >= 15 is 0 Å². The zero-order valence-corrected chi connectivity index (χ0v) is 23.2. The highest BCUT2D eigenvalue weighted by Gasteiger charge is 2.50. The zero-order chi connectivity index (χ0) is 27.4. The van der Waals surface area contributed by atoms with Gasteiger partial charge in [-0.05, 0) is 89.1 Å². The Morgan fingerprint density at radius 3 is 2.17 bits per heavy atom. The van der Waals surface area contributed by atoms with E-state index in [0.29, 0.717) is 5.92 Å². The molecule has 4 heteroatoms. The molecule has 5 aromatic carbocycles. The normalized spacial score (nSPS) is 17.5. The quantitative estimate of drug-likeness (QED) is 0.211. The topological polar surface area (TPSA) is 11.4 Å². The molecule has 0 saturated heterocycles. The summed E-state index contributed by atoms with van der Waals surface area (Å²) in [5.74, 6) is 1.73. The van der Waals surface area contributed by atoms with Gasteiger partial charge < -0.3 is 4.90 Å². The third-order valence-corrected chi connectivity index (χ3v) is 9.92. The number of fused-ring (bicyclic) bond motifs is 9. The standard InChI is InChI=1S/C38H28BN3/c1-3-13-25(14-4-1)40-32-22-10-8-18-29(32)35-38(40)41(26-15-5-2-6-16-26)33-23-12-24-34-36(33)39(35)30-20-11-19-28-27-17-7-9-21-31(27)42(34)37(28)30/h1-6,8,10-16,18-24,27H,7,9,17H2. The second kappa shape index (κ2) is 8.30. The summed E-state index contributed by atoms with van der Waals surface area (Å²) in [6.45, 7) is 0.146. The highest BCUT2D eigenvalue weighted by atomic mass is 15.3. The van der Waals surface area contributed by atoms with Crippen molar-refractivity contribution in [3.05, 3.63) is 139 Å². The van der Waals surface area contributed by atoms with E-state index in [1.165, 1.54) is 85.6 Å². The molecule has 0 spiro atoms. The Balaban J connectivity index is 1.39. The van der Waals surface area contributed by atoms with Gasteiger partial charge in [0.2, 0.25) is 0 Å². The monoisotopic (exact) mass is 537 g/mol. The number of hydrogen-bond acceptors (Lipinski definition) is 2. The van der Waals surface area contributed by atoms with Crippen LogP contribution in [-0.4, -0.2) is 11.3 Å². The van der Waals surface area contributed by atoms with Crippen LogP contribution >= 0.6 is 0 Å². The van der Waals surface area contributed by atoms with Gasteiger partial charge in [-0.2, -0.15) is 0 Å². The molecule has 3 nitrogen and oxygen atoms in total. The van der Waals surface area contributed by atoms with Crippen molar-refractivity contribution in [2.75, 3.05) is 9.80 Å². The van der Waals surface area contributed by atoms with Gasteiger partial charge in [0.1, 0.15) is 5.82 Å². The van der Waals surface area contributed by atoms with E-state index in [2.05, 4.69) is 142 Å². The van der Waals surface area contributed by atoms with Gasteiger partial charge in [0, 0.05) is 40.1 Å². The van der Waals surface area contributed by atoms with Crippen LogP contribution in [0.3, 0.4) is 0 Å². The average molecular weight is 537 g/mol. The number of hydrogen-bond donors (Lipinski definition) is 0. The maximum atomic E-state index is 2.63. The molecule has 1 atom stereocenters. The summed E-state index contributed by atoms with van der Waals surface area (Å²) in [5, 5.41) is 1.32. The summed E-state index contributed by atoms with van der Waals surface area (Å²) in [7, 11) is 0. The highest BCUT2D eigenvalue weighted by molar-refractivity contribution is 7.01. The minimum absolute atomic E-state index is 0.146. The lowest BCUT2D eigenvalue weighted by Crippen LogP contribution is -2.61. The lowest BCUT2D eigenvalue weighted by molar-refractivity contribution is 0.634. The second-order valence-electron chi connectivity index (χ2n) is 12.0. The molecular formula is C38H28BN3. The second-order valence-corrected chi connectivity index (χ2v) is 12.0. The van der Waals surface area contributed by atoms with Crippen LogP contribution in [0, 0.1) is 0 Å². The van der Waals surface area contributed by atoms with Crippen LogP contribution in [-0.2, 0) is 0 Å². The molecule has 1 unspecified atom stereocenters. The Bertz CT molecular complexity index is 2090. The van der Waals surface area contributed by atoms with E-state index in [1.807, 2.05) is 0 Å². The molecule has 6 aromatic rings. The van der Waals surface area contributed by atoms with Crippen molar-refractivity contribution in [1.82, 2.24) is 4.57 Å². The third-order valence-electron chi connectivity index (χ3n) is 9.92. The van der Waals surface area contributed by atoms with Crippen molar-refractivity contribution in [3.8, 4) is 5.69 Å². The maximum absolute atomic E-state index is 2.63. The predicted octanol–water partition coefficient (Wildman–Crippen LogP) is 7.55. The van der Waals surface area contributed by atoms with Crippen LogP contribution < -0.4 is 26.2 Å². The Morgan fingerprint density at radius 2 is 1.33 bits per heavy atom. The van der Waals surface area contributed by atoms with Crippen LogP contribution in [0.25, 0.3) is 16.6 Å². The van der Waals surface area contributed by atoms with Crippen molar-refractivity contribution in [1.29, 1.82) is 0 Å². The van der Waals surface area contributed by atoms with Gasteiger partial charge >= 0.3 is 0 Å². The number of benzene rings is 5. The minimum atomic E-state index is 0.146. The van der Waals surface area contributed by atoms with Crippen molar-refractivity contribution >= 4 is 62.6 Å². The van der Waals surface area contributed by atoms with Crippen molar-refractivity contribution in [2.24, 2.45) is 0 Å². The molecular weight excluding hydrogens is 509 g/mol. The number of rotatable bonds is 2. The third kappa shape index (κ3) is 2.77. The van der Waals surface area contributed by atoms with Gasteiger partial charge in [0.25, 0.3) is 6.71 Å². The largest absolute Gasteiger partial charge is 0.315 e. The van der Waals surface area contributed by atoms with Gasteiger partial charge in [0.15, 0.2) is 0 Å². The molecule has 10 rings (SSSR count). The van der Waals surface area contributed by atoms with Crippen LogP contribution in [0.4, 0.5) is 28.6 Å². The molecule has 3 aliphatic heterocycles. The van der Waals surface area contributed by atoms with E-state index in [4.69, 9.17) is 0 Å². The zero-order valence-electron chi connectivity index (χ0n) is 23.2. The minimum Gasteiger partial charge on any atom is -0.315 e. The Kier molecular flexibility index (Phi) is 4.48. The number of anilines is 5. The molecule has 0 amide bonds. The van der Waals surface area contributed by atoms with E-state index in [9.17, 15) is 0 Å². The first kappa shape index (κ1) is 22.7. The van der Waals surface area contributed by atoms with E-state index in [0.717, 1.165) is 6.42 Å². The lowest BCUT2D eigenvalue weighted by Gasteiger charge is -2.42. The van der Waals surface area contributed by atoms with Crippen molar-refractivity contribution in [3.63, 3.8) is 0 Å². The van der Waals surface area contributed by atoms with Gasteiger partial charge in [-0.1, -0.05) is 84.9 Å². The SMILES string of the molecule is C1=C2C(CCC1)c1cccc3c1N2c1cccc2c1B3c1c(n(-c3ccccc3)c3ccccc13)N2c1ccccc1. The Morgan fingerprint density at radius 1 is 0.619 bits per heavy atom. The molecule has 0 fully saturated rings. The molecule has 0 radical (unpaired) electrons. The van der Waals surface area contributed by atoms with E-state index in [-0.39, 0.29) is 6.71 Å². The summed E-state index contributed by atoms with van der Waals surface area (Å²) in [6.07, 6.45) is 6.17. The molecule has 0 bridgehead atoms. The summed E-state index contributed by atoms with van der Waals surface area (Å²) in [5.41, 5.74) is 14.9. The van der Waals surface area contributed by atoms with Crippen LogP contribution in [0.15, 0.2) is 133 Å². The molecule has 1 aliphatic carbocycles. The van der Waals surface area contributed by atoms with Gasteiger partial charge in [-0.3, -0.25) is 9.47 Å². The highest BCUT2D eigenvalue weighted by Crippen LogP contribution is 2.54. The van der Waals surface area contributed by atoms with Gasteiger partial charge in [-0.15, -0.1) is 0 Å². The first-order valence-electron chi connectivity index (χ1n) is 15.2. The number of nitrogens with zero attached hydrogens (tertiary/aromatic N) is 3. The first-order chi connectivity index (χ1) is 20.9. The van der Waals surface area contributed by atoms with E-state index in [1.54, 1.807) is 0 Å². The summed E-state index contributed by atoms with van der Waals surface area (Å²) in [4.78, 5) is 5.16. The predicted molar refractivity (Wildman–Crippen MR) is 176 cm³/mol. The maximum Gasteiger partial charge on any atom is 0.255 e. The van der Waals surface area contributed by atoms with Crippen LogP contribution in [0.1, 0.15) is 30.7 Å². The number of para-hydroxylation sites is 4. The fourth-order valence-corrected chi connectivity index (χ4v) is 8.39. The summed E-state index contributed by atoms with van der Waals surface area (Å²) < 4.78 is 2.49. The summed E-state index contributed by atoms with van der Waals surface area (Å²) in [6, 6.07) is 44.9. The fourth-order valence-electron chi connectivity index (χ4n) is 8.39. The van der Waals surface area contributed by atoms with Crippen molar-refractivity contribution < 1.29 is 0 Å². The van der Waals surface area contributed by atoms with Crippen LogP contribution in [0.5, 0.6) is 0 Å². The van der Waals surface area contributed by atoms with Gasteiger partial charge in [-0.25, -0.2) is 0 Å². The first-order valence-corrected chi connectivity index (χ1v) is 15.2. The molecule has 4 aliphatic rings. The number of allylic oxidation sites excluding steroid dienone is 2.